The lowest BCUT2D eigenvalue weighted by atomic mass is 9.95. The highest BCUT2D eigenvalue weighted by molar-refractivity contribution is 5.95. The number of ether oxygens (including phenoxy) is 2. The van der Waals surface area contributed by atoms with Crippen molar-refractivity contribution >= 4 is 5.91 Å². The zero-order valence-corrected chi connectivity index (χ0v) is 16.0. The highest BCUT2D eigenvalue weighted by atomic mass is 16.5. The van der Waals surface area contributed by atoms with E-state index in [1.54, 1.807) is 30.2 Å². The molecule has 0 saturated carbocycles. The quantitative estimate of drug-likeness (QED) is 0.842. The fourth-order valence-corrected chi connectivity index (χ4v) is 2.92. The standard InChI is InChI=1S/C20H25N3O3/c1-6-26-16-8-7-13(9-17(16)25-5)18(24)23-11-14-10-21-19(20(2,3)4)22-15(14)12-23/h7-10H,6,11-12H2,1-5H3. The summed E-state index contributed by atoms with van der Waals surface area (Å²) < 4.78 is 10.9. The van der Waals surface area contributed by atoms with Crippen LogP contribution in [0.15, 0.2) is 24.4 Å². The molecular formula is C20H25N3O3. The number of hydrogen-bond donors (Lipinski definition) is 0. The van der Waals surface area contributed by atoms with E-state index in [1.165, 1.54) is 0 Å². The summed E-state index contributed by atoms with van der Waals surface area (Å²) in [4.78, 5) is 23.8. The highest BCUT2D eigenvalue weighted by Gasteiger charge is 2.28. The number of carbonyl (C=O) groups excluding carboxylic acids is 1. The molecule has 0 spiro atoms. The molecule has 138 valence electrons. The first-order valence-electron chi connectivity index (χ1n) is 8.79. The van der Waals surface area contributed by atoms with E-state index in [2.05, 4.69) is 30.7 Å². The number of fused-ring (bicyclic) bond motifs is 1. The first-order chi connectivity index (χ1) is 12.3. The van der Waals surface area contributed by atoms with Gasteiger partial charge in [-0.3, -0.25) is 4.79 Å². The minimum Gasteiger partial charge on any atom is -0.493 e. The molecule has 1 amide bonds. The lowest BCUT2D eigenvalue weighted by Crippen LogP contribution is -2.25. The number of hydrogen-bond acceptors (Lipinski definition) is 5. The van der Waals surface area contributed by atoms with Crippen molar-refractivity contribution in [2.24, 2.45) is 0 Å². The van der Waals surface area contributed by atoms with Crippen molar-refractivity contribution < 1.29 is 14.3 Å². The molecule has 26 heavy (non-hydrogen) atoms. The Balaban J connectivity index is 1.81. The Bertz CT molecular complexity index is 828. The van der Waals surface area contributed by atoms with Gasteiger partial charge in [0.25, 0.3) is 5.91 Å². The van der Waals surface area contributed by atoms with Crippen molar-refractivity contribution in [1.29, 1.82) is 0 Å². The average Bonchev–Trinajstić information content (AvgIpc) is 3.04. The van der Waals surface area contributed by atoms with Crippen molar-refractivity contribution in [1.82, 2.24) is 14.9 Å². The van der Waals surface area contributed by atoms with Gasteiger partial charge >= 0.3 is 0 Å². The molecule has 1 aliphatic rings. The molecule has 2 heterocycles. The molecule has 0 fully saturated rings. The van der Waals surface area contributed by atoms with Crippen LogP contribution in [0.3, 0.4) is 0 Å². The van der Waals surface area contributed by atoms with Crippen LogP contribution in [0.1, 0.15) is 55.1 Å². The van der Waals surface area contributed by atoms with E-state index < -0.39 is 0 Å². The molecule has 0 N–H and O–H groups in total. The molecule has 0 atom stereocenters. The van der Waals surface area contributed by atoms with Gasteiger partial charge in [-0.1, -0.05) is 20.8 Å². The van der Waals surface area contributed by atoms with Crippen molar-refractivity contribution in [3.63, 3.8) is 0 Å². The van der Waals surface area contributed by atoms with E-state index >= 15 is 0 Å². The van der Waals surface area contributed by atoms with Gasteiger partial charge in [0.2, 0.25) is 0 Å². The molecule has 6 nitrogen and oxygen atoms in total. The Labute approximate surface area is 154 Å². The Hall–Kier alpha value is -2.63. The normalized spacial score (nSPS) is 13.5. The molecule has 0 radical (unpaired) electrons. The predicted molar refractivity (Wildman–Crippen MR) is 98.5 cm³/mol. The smallest absolute Gasteiger partial charge is 0.254 e. The lowest BCUT2D eigenvalue weighted by molar-refractivity contribution is 0.0750. The van der Waals surface area contributed by atoms with Crippen LogP contribution < -0.4 is 9.47 Å². The van der Waals surface area contributed by atoms with Crippen LogP contribution in [-0.4, -0.2) is 34.5 Å². The number of benzene rings is 1. The van der Waals surface area contributed by atoms with E-state index in [1.807, 2.05) is 13.1 Å². The molecule has 1 aromatic heterocycles. The second kappa shape index (κ2) is 6.94. The second-order valence-electron chi connectivity index (χ2n) is 7.38. The van der Waals surface area contributed by atoms with Crippen molar-refractivity contribution in [2.45, 2.75) is 46.2 Å². The van der Waals surface area contributed by atoms with Crippen molar-refractivity contribution in [3.8, 4) is 11.5 Å². The van der Waals surface area contributed by atoms with Crippen LogP contribution in [0.2, 0.25) is 0 Å². The van der Waals surface area contributed by atoms with Crippen LogP contribution in [-0.2, 0) is 18.5 Å². The number of methoxy groups -OCH3 is 1. The minimum atomic E-state index is -0.116. The van der Waals surface area contributed by atoms with Crippen LogP contribution in [0, 0.1) is 0 Å². The number of rotatable bonds is 4. The van der Waals surface area contributed by atoms with Gasteiger partial charge in [0, 0.05) is 29.3 Å². The van der Waals surface area contributed by atoms with Gasteiger partial charge in [-0.15, -0.1) is 0 Å². The molecule has 6 heteroatoms. The second-order valence-corrected chi connectivity index (χ2v) is 7.38. The van der Waals surface area contributed by atoms with Crippen LogP contribution in [0.4, 0.5) is 0 Å². The number of aromatic nitrogens is 2. The van der Waals surface area contributed by atoms with Gasteiger partial charge < -0.3 is 14.4 Å². The maximum atomic E-state index is 12.9. The molecule has 0 bridgehead atoms. The van der Waals surface area contributed by atoms with Gasteiger partial charge in [0.15, 0.2) is 11.5 Å². The van der Waals surface area contributed by atoms with Crippen LogP contribution >= 0.6 is 0 Å². The summed E-state index contributed by atoms with van der Waals surface area (Å²) >= 11 is 0. The lowest BCUT2D eigenvalue weighted by Gasteiger charge is -2.17. The molecule has 1 aliphatic heterocycles. The van der Waals surface area contributed by atoms with E-state index in [4.69, 9.17) is 9.47 Å². The molecule has 0 aliphatic carbocycles. The van der Waals surface area contributed by atoms with E-state index in [9.17, 15) is 4.79 Å². The maximum absolute atomic E-state index is 12.9. The van der Waals surface area contributed by atoms with E-state index in [-0.39, 0.29) is 11.3 Å². The summed E-state index contributed by atoms with van der Waals surface area (Å²) in [5.41, 5.74) is 2.39. The summed E-state index contributed by atoms with van der Waals surface area (Å²) in [7, 11) is 1.57. The number of amides is 1. The first-order valence-corrected chi connectivity index (χ1v) is 8.79. The Morgan fingerprint density at radius 2 is 2.00 bits per heavy atom. The third-order valence-electron chi connectivity index (χ3n) is 4.32. The largest absolute Gasteiger partial charge is 0.493 e. The van der Waals surface area contributed by atoms with Gasteiger partial charge in [-0.2, -0.15) is 0 Å². The van der Waals surface area contributed by atoms with Gasteiger partial charge in [-0.05, 0) is 25.1 Å². The summed E-state index contributed by atoms with van der Waals surface area (Å²) in [6.45, 7) is 9.71. The SMILES string of the molecule is CCOc1ccc(C(=O)N2Cc3cnc(C(C)(C)C)nc3C2)cc1OC. The first kappa shape index (κ1) is 18.2. The fraction of sp³-hybridized carbons (Fsp3) is 0.450. The van der Waals surface area contributed by atoms with E-state index in [0.29, 0.717) is 36.8 Å². The zero-order chi connectivity index (χ0) is 18.9. The molecule has 0 unspecified atom stereocenters. The average molecular weight is 355 g/mol. The minimum absolute atomic E-state index is 0.0540. The van der Waals surface area contributed by atoms with Gasteiger partial charge in [0.05, 0.1) is 26.0 Å². The third-order valence-corrected chi connectivity index (χ3v) is 4.32. The molecule has 1 aromatic carbocycles. The molecule has 0 saturated heterocycles. The monoisotopic (exact) mass is 355 g/mol. The molecule has 3 rings (SSSR count). The third kappa shape index (κ3) is 3.49. The highest BCUT2D eigenvalue weighted by Crippen LogP contribution is 2.30. The zero-order valence-electron chi connectivity index (χ0n) is 16.0. The van der Waals surface area contributed by atoms with Crippen LogP contribution in [0.5, 0.6) is 11.5 Å². The number of nitrogens with zero attached hydrogens (tertiary/aromatic N) is 3. The van der Waals surface area contributed by atoms with Crippen molar-refractivity contribution in [2.75, 3.05) is 13.7 Å². The Morgan fingerprint density at radius 1 is 1.23 bits per heavy atom. The summed E-state index contributed by atoms with van der Waals surface area (Å²) in [5, 5.41) is 0. The Morgan fingerprint density at radius 3 is 2.65 bits per heavy atom. The fourth-order valence-electron chi connectivity index (χ4n) is 2.92. The molecular weight excluding hydrogens is 330 g/mol. The summed E-state index contributed by atoms with van der Waals surface area (Å²) in [5.74, 6) is 1.94. The van der Waals surface area contributed by atoms with Gasteiger partial charge in [-0.25, -0.2) is 9.97 Å². The summed E-state index contributed by atoms with van der Waals surface area (Å²) in [6, 6.07) is 5.27. The maximum Gasteiger partial charge on any atom is 0.254 e. The Kier molecular flexibility index (Phi) is 4.85. The number of carbonyl (C=O) groups is 1. The van der Waals surface area contributed by atoms with Crippen LogP contribution in [0.25, 0.3) is 0 Å². The van der Waals surface area contributed by atoms with Gasteiger partial charge in [0.1, 0.15) is 5.82 Å². The summed E-state index contributed by atoms with van der Waals surface area (Å²) in [6.07, 6.45) is 1.84. The molecule has 2 aromatic rings. The van der Waals surface area contributed by atoms with Crippen molar-refractivity contribution in [3.05, 3.63) is 47.0 Å². The predicted octanol–water partition coefficient (Wildman–Crippen LogP) is 3.34. The van der Waals surface area contributed by atoms with E-state index in [0.717, 1.165) is 17.1 Å². The topological polar surface area (TPSA) is 64.5 Å².